The van der Waals surface area contributed by atoms with Crippen LogP contribution in [0.15, 0.2) is 48.5 Å². The van der Waals surface area contributed by atoms with Crippen LogP contribution in [0.3, 0.4) is 0 Å². The third-order valence-electron chi connectivity index (χ3n) is 6.86. The van der Waals surface area contributed by atoms with Crippen molar-refractivity contribution in [2.75, 3.05) is 62.3 Å². The molecule has 0 saturated heterocycles. The highest BCUT2D eigenvalue weighted by atomic mass is 28.4. The first kappa shape index (κ1) is 36.5. The summed E-state index contributed by atoms with van der Waals surface area (Å²) in [7, 11) is 4.88. The van der Waals surface area contributed by atoms with Crippen LogP contribution in [0.25, 0.3) is 0 Å². The Morgan fingerprint density at radius 1 is 0.625 bits per heavy atom. The van der Waals surface area contributed by atoms with E-state index < -0.39 is 17.6 Å². The van der Waals surface area contributed by atoms with Crippen LogP contribution in [-0.2, 0) is 45.9 Å². The average molecular weight is 597 g/mol. The van der Waals surface area contributed by atoms with Gasteiger partial charge < -0.3 is 49.1 Å². The topological polar surface area (TPSA) is 145 Å². The Morgan fingerprint density at radius 2 is 1.02 bits per heavy atom. The van der Waals surface area contributed by atoms with Gasteiger partial charge in [-0.25, -0.2) is 0 Å². The molecule has 1 unspecified atom stereocenters. The lowest BCUT2D eigenvalue weighted by Gasteiger charge is -2.24. The number of benzene rings is 2. The van der Waals surface area contributed by atoms with E-state index in [9.17, 15) is 0 Å². The zero-order valence-corrected chi connectivity index (χ0v) is 27.2. The molecule has 0 aromatic heterocycles. The Kier molecular flexibility index (Phi) is 18.6. The molecule has 2 aromatic rings. The van der Waals surface area contributed by atoms with E-state index in [-0.39, 0.29) is 6.04 Å². The predicted molar refractivity (Wildman–Crippen MR) is 165 cm³/mol. The number of hydrogen-bond donors (Lipinski definition) is 4. The fraction of sp³-hybridized carbons (Fsp3) is 0.571. The van der Waals surface area contributed by atoms with Gasteiger partial charge in [0, 0.05) is 80.4 Å². The second-order valence-electron chi connectivity index (χ2n) is 9.30. The zero-order valence-electron chi connectivity index (χ0n) is 25.2. The summed E-state index contributed by atoms with van der Waals surface area (Å²) < 4.78 is 32.5. The van der Waals surface area contributed by atoms with Gasteiger partial charge in [0.05, 0.1) is 0 Å². The summed E-state index contributed by atoms with van der Waals surface area (Å²) in [6.07, 6.45) is 2.54. The van der Waals surface area contributed by atoms with E-state index in [4.69, 9.17) is 43.8 Å². The first-order chi connectivity index (χ1) is 19.3. The van der Waals surface area contributed by atoms with E-state index >= 15 is 0 Å². The minimum Gasteiger partial charge on any atom is -0.377 e. The second kappa shape index (κ2) is 20.4. The fourth-order valence-electron chi connectivity index (χ4n) is 4.14. The van der Waals surface area contributed by atoms with Crippen molar-refractivity contribution < 1.29 is 26.6 Å². The molecule has 0 bridgehead atoms. The molecule has 0 radical (unpaired) electrons. The van der Waals surface area contributed by atoms with Gasteiger partial charge in [-0.15, -0.1) is 0 Å². The first-order valence-electron chi connectivity index (χ1n) is 13.6. The Morgan fingerprint density at radius 3 is 1.40 bits per heavy atom. The first-order valence-corrected chi connectivity index (χ1v) is 17.5. The highest BCUT2D eigenvalue weighted by molar-refractivity contribution is 6.60. The van der Waals surface area contributed by atoms with Gasteiger partial charge in [0.1, 0.15) is 0 Å². The van der Waals surface area contributed by atoms with E-state index in [1.54, 1.807) is 42.7 Å². The summed E-state index contributed by atoms with van der Waals surface area (Å²) in [4.78, 5) is 0. The minimum absolute atomic E-state index is 0.0134. The monoisotopic (exact) mass is 596 g/mol. The van der Waals surface area contributed by atoms with Crippen molar-refractivity contribution in [2.24, 2.45) is 17.2 Å². The molecule has 10 nitrogen and oxygen atoms in total. The third-order valence-corrected chi connectivity index (χ3v) is 12.3. The number of aryl methyl sites for hydroxylation is 2. The minimum atomic E-state index is -2.49. The Labute approximate surface area is 243 Å². The normalized spacial score (nSPS) is 12.6. The smallest absolute Gasteiger partial charge is 0.377 e. The molecule has 7 N–H and O–H groups in total. The molecule has 40 heavy (non-hydrogen) atoms. The molecule has 0 aliphatic rings. The number of rotatable bonds is 19. The number of nitrogens with two attached hydrogens (primary N) is 3. The Balaban J connectivity index is 0.000000400. The van der Waals surface area contributed by atoms with Crippen LogP contribution < -0.4 is 22.5 Å². The summed E-state index contributed by atoms with van der Waals surface area (Å²) in [6.45, 7) is 2.96. The van der Waals surface area contributed by atoms with E-state index in [0.29, 0.717) is 13.1 Å². The second-order valence-corrected chi connectivity index (χ2v) is 15.5. The Hall–Kier alpha value is -1.53. The average Bonchev–Trinajstić information content (AvgIpc) is 3.01. The maximum absolute atomic E-state index is 6.03. The van der Waals surface area contributed by atoms with Crippen molar-refractivity contribution in [1.82, 2.24) is 5.32 Å². The highest BCUT2D eigenvalue weighted by Gasteiger charge is 2.37. The molecule has 0 amide bonds. The molecule has 12 heteroatoms. The lowest BCUT2D eigenvalue weighted by Crippen LogP contribution is -2.43. The van der Waals surface area contributed by atoms with Crippen molar-refractivity contribution >= 4 is 17.6 Å². The molecular formula is C28H52N4O6Si2. The van der Waals surface area contributed by atoms with Gasteiger partial charge in [-0.1, -0.05) is 48.5 Å². The number of nitrogens with one attached hydrogen (secondary N) is 1. The molecule has 0 fully saturated rings. The maximum atomic E-state index is 6.03. The SMILES string of the molecule is CO[Si](CCc1ccc(C(N)CCN)cc1)(OC)OC.CO[Si](CCc1ccc(CNCCN)cc1)(OC)OC. The van der Waals surface area contributed by atoms with Gasteiger partial charge in [-0.05, 0) is 48.1 Å². The van der Waals surface area contributed by atoms with Gasteiger partial charge in [-0.2, -0.15) is 0 Å². The third kappa shape index (κ3) is 12.6. The van der Waals surface area contributed by atoms with Gasteiger partial charge in [-0.3, -0.25) is 0 Å². The summed E-state index contributed by atoms with van der Waals surface area (Å²) in [5, 5.41) is 3.28. The summed E-state index contributed by atoms with van der Waals surface area (Å²) in [6, 6.07) is 18.4. The van der Waals surface area contributed by atoms with Gasteiger partial charge >= 0.3 is 17.6 Å². The van der Waals surface area contributed by atoms with E-state index in [2.05, 4.69) is 53.8 Å². The standard InChI is InChI=1S/2C14H26N2O3Si/c1-17-20(18-2,19-3)11-8-13-4-6-14(7-5-13)12-16-10-9-15;1-17-20(18-2,19-3)11-9-12-4-6-13(7-5-12)14(16)8-10-15/h4-7,16H,8-12,15H2,1-3H3;4-7,14H,8-11,15-16H2,1-3H3. The molecule has 2 rings (SSSR count). The summed E-state index contributed by atoms with van der Waals surface area (Å²) >= 11 is 0. The van der Waals surface area contributed by atoms with Crippen LogP contribution >= 0.6 is 0 Å². The van der Waals surface area contributed by atoms with Crippen LogP contribution in [0.5, 0.6) is 0 Å². The van der Waals surface area contributed by atoms with Crippen molar-refractivity contribution in [3.63, 3.8) is 0 Å². The van der Waals surface area contributed by atoms with E-state index in [0.717, 1.165) is 50.0 Å². The summed E-state index contributed by atoms with van der Waals surface area (Å²) in [5.41, 5.74) is 21.9. The largest absolute Gasteiger partial charge is 0.500 e. The molecule has 0 aliphatic carbocycles. The quantitative estimate of drug-likeness (QED) is 0.141. The molecule has 0 heterocycles. The van der Waals surface area contributed by atoms with Crippen LogP contribution in [0.1, 0.15) is 34.7 Å². The van der Waals surface area contributed by atoms with Crippen molar-refractivity contribution in [3.8, 4) is 0 Å². The Bertz CT molecular complexity index is 884. The highest BCUT2D eigenvalue weighted by Crippen LogP contribution is 2.20. The molecule has 0 spiro atoms. The number of hydrogen-bond acceptors (Lipinski definition) is 10. The van der Waals surface area contributed by atoms with Crippen molar-refractivity contribution in [2.45, 2.75) is 43.9 Å². The molecule has 228 valence electrons. The zero-order chi connectivity index (χ0) is 29.9. The molecule has 0 aliphatic heterocycles. The van der Waals surface area contributed by atoms with Crippen LogP contribution in [-0.4, -0.2) is 79.9 Å². The van der Waals surface area contributed by atoms with Crippen LogP contribution in [0.4, 0.5) is 0 Å². The fourth-order valence-corrected chi connectivity index (χ4v) is 7.56. The van der Waals surface area contributed by atoms with E-state index in [1.165, 1.54) is 16.7 Å². The molecule has 2 aromatic carbocycles. The van der Waals surface area contributed by atoms with Gasteiger partial charge in [0.15, 0.2) is 0 Å². The predicted octanol–water partition coefficient (Wildman–Crippen LogP) is 2.61. The molecule has 1 atom stereocenters. The lowest BCUT2D eigenvalue weighted by atomic mass is 10.0. The molecule has 0 saturated carbocycles. The lowest BCUT2D eigenvalue weighted by molar-refractivity contribution is 0.123. The molecular weight excluding hydrogens is 545 g/mol. The maximum Gasteiger partial charge on any atom is 0.500 e. The summed E-state index contributed by atoms with van der Waals surface area (Å²) in [5.74, 6) is 0. The van der Waals surface area contributed by atoms with Crippen molar-refractivity contribution in [3.05, 3.63) is 70.8 Å². The van der Waals surface area contributed by atoms with Gasteiger partial charge in [0.2, 0.25) is 0 Å². The van der Waals surface area contributed by atoms with Crippen LogP contribution in [0, 0.1) is 0 Å². The van der Waals surface area contributed by atoms with Crippen LogP contribution in [0.2, 0.25) is 12.1 Å². The van der Waals surface area contributed by atoms with Crippen molar-refractivity contribution in [1.29, 1.82) is 0 Å². The van der Waals surface area contributed by atoms with E-state index in [1.807, 2.05) is 0 Å². The van der Waals surface area contributed by atoms with Gasteiger partial charge in [0.25, 0.3) is 0 Å².